The lowest BCUT2D eigenvalue weighted by molar-refractivity contribution is 0.186. The zero-order valence-corrected chi connectivity index (χ0v) is 16.6. The normalized spacial score (nSPS) is 16.9. The van der Waals surface area contributed by atoms with Crippen molar-refractivity contribution in [2.24, 2.45) is 5.92 Å². The monoisotopic (exact) mass is 415 g/mol. The van der Waals surface area contributed by atoms with Gasteiger partial charge in [0.15, 0.2) is 11.6 Å². The van der Waals surface area contributed by atoms with Gasteiger partial charge in [0.1, 0.15) is 12.7 Å². The minimum atomic E-state index is -3.66. The van der Waals surface area contributed by atoms with Gasteiger partial charge in [-0.25, -0.2) is 28.1 Å². The number of hydrogen-bond acceptors (Lipinski definition) is 8. The van der Waals surface area contributed by atoms with E-state index in [0.29, 0.717) is 36.8 Å². The predicted molar refractivity (Wildman–Crippen MR) is 106 cm³/mol. The second-order valence-electron chi connectivity index (χ2n) is 6.86. The molecule has 1 saturated heterocycles. The summed E-state index contributed by atoms with van der Waals surface area (Å²) >= 11 is 0. The van der Waals surface area contributed by atoms with E-state index in [2.05, 4.69) is 24.8 Å². The standard InChI is InChI=1S/C18H21N7O3S/c1-12-2-3-14(29(26,27)23-7-13-4-5-28-9-13)6-15(12)16-8-21-17(19)18(24-16)25-11-20-10-22-25/h2-3,6,8,10-11,13,23H,4-5,7,9H2,1H3,(H2,19,21). The third-order valence-corrected chi connectivity index (χ3v) is 6.22. The first-order valence-electron chi connectivity index (χ1n) is 9.10. The largest absolute Gasteiger partial charge is 0.381 e. The maximum absolute atomic E-state index is 12.8. The maximum atomic E-state index is 12.8. The van der Waals surface area contributed by atoms with Crippen molar-refractivity contribution in [2.75, 3.05) is 25.5 Å². The predicted octanol–water partition coefficient (Wildman–Crippen LogP) is 0.930. The van der Waals surface area contributed by atoms with Crippen molar-refractivity contribution < 1.29 is 13.2 Å². The van der Waals surface area contributed by atoms with Crippen LogP contribution in [-0.2, 0) is 14.8 Å². The Morgan fingerprint density at radius 3 is 2.97 bits per heavy atom. The van der Waals surface area contributed by atoms with Gasteiger partial charge in [-0.15, -0.1) is 0 Å². The maximum Gasteiger partial charge on any atom is 0.240 e. The van der Waals surface area contributed by atoms with E-state index in [1.54, 1.807) is 18.2 Å². The van der Waals surface area contributed by atoms with Gasteiger partial charge in [0, 0.05) is 18.7 Å². The van der Waals surface area contributed by atoms with E-state index in [1.165, 1.54) is 23.5 Å². The average Bonchev–Trinajstić information content (AvgIpc) is 3.41. The van der Waals surface area contributed by atoms with Gasteiger partial charge in [0.2, 0.25) is 10.0 Å². The van der Waals surface area contributed by atoms with Gasteiger partial charge >= 0.3 is 0 Å². The molecule has 152 valence electrons. The fourth-order valence-electron chi connectivity index (χ4n) is 3.10. The third-order valence-electron chi connectivity index (χ3n) is 4.80. The summed E-state index contributed by atoms with van der Waals surface area (Å²) in [5.74, 6) is 0.719. The van der Waals surface area contributed by atoms with Crippen molar-refractivity contribution in [3.05, 3.63) is 42.6 Å². The van der Waals surface area contributed by atoms with E-state index in [1.807, 2.05) is 6.92 Å². The van der Waals surface area contributed by atoms with E-state index in [-0.39, 0.29) is 16.6 Å². The first-order valence-corrected chi connectivity index (χ1v) is 10.6. The van der Waals surface area contributed by atoms with E-state index in [0.717, 1.165) is 12.0 Å². The van der Waals surface area contributed by atoms with Crippen molar-refractivity contribution in [2.45, 2.75) is 18.2 Å². The highest BCUT2D eigenvalue weighted by Gasteiger charge is 2.21. The molecule has 0 aliphatic carbocycles. The van der Waals surface area contributed by atoms with Gasteiger partial charge in [-0.3, -0.25) is 0 Å². The molecule has 3 heterocycles. The molecular formula is C18H21N7O3S. The zero-order valence-electron chi connectivity index (χ0n) is 15.8. The number of hydrogen-bond donors (Lipinski definition) is 2. The number of nitrogens with zero attached hydrogens (tertiary/aromatic N) is 5. The minimum Gasteiger partial charge on any atom is -0.381 e. The van der Waals surface area contributed by atoms with Gasteiger partial charge < -0.3 is 10.5 Å². The molecule has 10 nitrogen and oxygen atoms in total. The Hall–Kier alpha value is -2.89. The first-order chi connectivity index (χ1) is 13.9. The quantitative estimate of drug-likeness (QED) is 0.606. The average molecular weight is 415 g/mol. The molecule has 0 saturated carbocycles. The lowest BCUT2D eigenvalue weighted by Gasteiger charge is -2.13. The molecule has 0 radical (unpaired) electrons. The Bertz CT molecular complexity index is 1110. The lowest BCUT2D eigenvalue weighted by atomic mass is 10.1. The second-order valence-corrected chi connectivity index (χ2v) is 8.63. The lowest BCUT2D eigenvalue weighted by Crippen LogP contribution is -2.29. The van der Waals surface area contributed by atoms with Gasteiger partial charge in [-0.2, -0.15) is 9.78 Å². The molecule has 0 bridgehead atoms. The van der Waals surface area contributed by atoms with Crippen LogP contribution in [0.1, 0.15) is 12.0 Å². The smallest absolute Gasteiger partial charge is 0.240 e. The van der Waals surface area contributed by atoms with Crippen LogP contribution in [0.5, 0.6) is 0 Å². The van der Waals surface area contributed by atoms with E-state index >= 15 is 0 Å². The van der Waals surface area contributed by atoms with E-state index in [4.69, 9.17) is 10.5 Å². The number of rotatable bonds is 6. The molecule has 3 N–H and O–H groups in total. The van der Waals surface area contributed by atoms with Crippen LogP contribution in [0.3, 0.4) is 0 Å². The van der Waals surface area contributed by atoms with Crippen LogP contribution >= 0.6 is 0 Å². The number of nitrogens with one attached hydrogen (secondary N) is 1. The molecule has 3 aromatic rings. The van der Waals surface area contributed by atoms with Crippen molar-refractivity contribution in [3.63, 3.8) is 0 Å². The Morgan fingerprint density at radius 1 is 1.38 bits per heavy atom. The van der Waals surface area contributed by atoms with Gasteiger partial charge in [-0.1, -0.05) is 6.07 Å². The Kier molecular flexibility index (Phi) is 5.26. The molecule has 0 spiro atoms. The molecule has 1 unspecified atom stereocenters. The van der Waals surface area contributed by atoms with Crippen molar-refractivity contribution >= 4 is 15.8 Å². The molecule has 11 heteroatoms. The van der Waals surface area contributed by atoms with Crippen LogP contribution in [0.25, 0.3) is 17.1 Å². The number of aromatic nitrogens is 5. The Balaban J connectivity index is 1.66. The first kappa shape index (κ1) is 19.4. The molecule has 1 aliphatic rings. The number of anilines is 1. The highest BCUT2D eigenvalue weighted by Crippen LogP contribution is 2.26. The number of sulfonamides is 1. The van der Waals surface area contributed by atoms with Crippen LogP contribution < -0.4 is 10.5 Å². The summed E-state index contributed by atoms with van der Waals surface area (Å²) in [7, 11) is -3.66. The minimum absolute atomic E-state index is 0.165. The molecule has 1 atom stereocenters. The second kappa shape index (κ2) is 7.85. The molecular weight excluding hydrogens is 394 g/mol. The van der Waals surface area contributed by atoms with Crippen molar-refractivity contribution in [3.8, 4) is 17.1 Å². The summed E-state index contributed by atoms with van der Waals surface area (Å²) in [5.41, 5.74) is 7.91. The van der Waals surface area contributed by atoms with Gasteiger partial charge in [-0.05, 0) is 37.0 Å². The van der Waals surface area contributed by atoms with Gasteiger partial charge in [0.25, 0.3) is 0 Å². The molecule has 4 rings (SSSR count). The number of aryl methyl sites for hydroxylation is 1. The topological polar surface area (TPSA) is 138 Å². The fraction of sp³-hybridized carbons (Fsp3) is 0.333. The summed E-state index contributed by atoms with van der Waals surface area (Å²) in [4.78, 5) is 12.8. The van der Waals surface area contributed by atoms with Crippen LogP contribution in [-0.4, -0.2) is 52.9 Å². The van der Waals surface area contributed by atoms with Crippen LogP contribution in [0.4, 0.5) is 5.82 Å². The third kappa shape index (κ3) is 4.11. The van der Waals surface area contributed by atoms with E-state index in [9.17, 15) is 8.42 Å². The Labute approximate surface area is 168 Å². The molecule has 29 heavy (non-hydrogen) atoms. The molecule has 2 aromatic heterocycles. The zero-order chi connectivity index (χ0) is 20.4. The number of ether oxygens (including phenoxy) is 1. The number of nitrogens with two attached hydrogens (primary N) is 1. The van der Waals surface area contributed by atoms with Crippen molar-refractivity contribution in [1.29, 1.82) is 0 Å². The van der Waals surface area contributed by atoms with Crippen LogP contribution in [0.15, 0.2) is 41.9 Å². The molecule has 1 aromatic carbocycles. The highest BCUT2D eigenvalue weighted by atomic mass is 32.2. The number of nitrogen functional groups attached to an aromatic ring is 1. The van der Waals surface area contributed by atoms with Crippen molar-refractivity contribution in [1.82, 2.24) is 29.5 Å². The SMILES string of the molecule is Cc1ccc(S(=O)(=O)NCC2CCOC2)cc1-c1cnc(N)c(-n2cncn2)n1. The fourth-order valence-corrected chi connectivity index (χ4v) is 4.25. The summed E-state index contributed by atoms with van der Waals surface area (Å²) in [6.45, 7) is 3.48. The summed E-state index contributed by atoms with van der Waals surface area (Å²) in [6, 6.07) is 4.92. The highest BCUT2D eigenvalue weighted by molar-refractivity contribution is 7.89. The van der Waals surface area contributed by atoms with E-state index < -0.39 is 10.0 Å². The summed E-state index contributed by atoms with van der Waals surface area (Å²) in [6.07, 6.45) is 5.20. The summed E-state index contributed by atoms with van der Waals surface area (Å²) in [5, 5.41) is 4.03. The van der Waals surface area contributed by atoms with Crippen LogP contribution in [0.2, 0.25) is 0 Å². The molecule has 1 fully saturated rings. The Morgan fingerprint density at radius 2 is 2.24 bits per heavy atom. The van der Waals surface area contributed by atoms with Crippen LogP contribution in [0, 0.1) is 12.8 Å². The van der Waals surface area contributed by atoms with Gasteiger partial charge in [0.05, 0.1) is 23.4 Å². The molecule has 0 amide bonds. The summed E-state index contributed by atoms with van der Waals surface area (Å²) < 4.78 is 34.9. The molecule has 1 aliphatic heterocycles. The number of benzene rings is 1.